The van der Waals surface area contributed by atoms with Crippen LogP contribution in [-0.2, 0) is 9.59 Å². The molecule has 23 heavy (non-hydrogen) atoms. The second-order valence-corrected chi connectivity index (χ2v) is 7.27. The highest BCUT2D eigenvalue weighted by atomic mass is 16.2. The van der Waals surface area contributed by atoms with E-state index in [-0.39, 0.29) is 11.8 Å². The molecule has 0 radical (unpaired) electrons. The van der Waals surface area contributed by atoms with Crippen molar-refractivity contribution in [2.75, 3.05) is 6.54 Å². The summed E-state index contributed by atoms with van der Waals surface area (Å²) >= 11 is 0. The maximum Gasteiger partial charge on any atom is 0.249 e. The van der Waals surface area contributed by atoms with Gasteiger partial charge in [-0.15, -0.1) is 0 Å². The molecular formula is C17H26N4O2. The first-order chi connectivity index (χ1) is 10.4. The van der Waals surface area contributed by atoms with E-state index in [4.69, 9.17) is 0 Å². The van der Waals surface area contributed by atoms with E-state index < -0.39 is 17.2 Å². The van der Waals surface area contributed by atoms with Crippen LogP contribution < -0.4 is 5.32 Å². The molecule has 1 unspecified atom stereocenters. The Morgan fingerprint density at radius 1 is 1.17 bits per heavy atom. The van der Waals surface area contributed by atoms with Crippen LogP contribution in [0.25, 0.3) is 0 Å². The Kier molecular flexibility index (Phi) is 4.95. The monoisotopic (exact) mass is 318 g/mol. The van der Waals surface area contributed by atoms with Gasteiger partial charge in [0.05, 0.1) is 17.6 Å². The van der Waals surface area contributed by atoms with Crippen molar-refractivity contribution >= 4 is 11.8 Å². The van der Waals surface area contributed by atoms with Crippen LogP contribution in [0.4, 0.5) is 0 Å². The smallest absolute Gasteiger partial charge is 0.249 e. The molecule has 1 fully saturated rings. The molecule has 0 aromatic carbocycles. The third-order valence-corrected chi connectivity index (χ3v) is 4.07. The molecule has 0 saturated carbocycles. The largest absolute Gasteiger partial charge is 0.329 e. The SMILES string of the molecule is C=C(C)C(=O)NC1N(C#N)CC(C)(C)N(C(=O)C(=C)C)C1(C)C. The Hall–Kier alpha value is -2.29. The van der Waals surface area contributed by atoms with E-state index in [1.165, 1.54) is 4.90 Å². The van der Waals surface area contributed by atoms with E-state index >= 15 is 0 Å². The van der Waals surface area contributed by atoms with Crippen LogP contribution in [0, 0.1) is 11.5 Å². The van der Waals surface area contributed by atoms with E-state index in [9.17, 15) is 14.9 Å². The number of carbonyl (C=O) groups is 2. The minimum Gasteiger partial charge on any atom is -0.329 e. The van der Waals surface area contributed by atoms with Crippen molar-refractivity contribution in [2.45, 2.75) is 58.8 Å². The Morgan fingerprint density at radius 2 is 1.70 bits per heavy atom. The third-order valence-electron chi connectivity index (χ3n) is 4.07. The van der Waals surface area contributed by atoms with Crippen molar-refractivity contribution in [3.8, 4) is 6.19 Å². The fourth-order valence-electron chi connectivity index (χ4n) is 3.19. The van der Waals surface area contributed by atoms with Crippen molar-refractivity contribution in [2.24, 2.45) is 0 Å². The maximum absolute atomic E-state index is 12.7. The number of piperazine rings is 1. The molecule has 0 aromatic rings. The Morgan fingerprint density at radius 3 is 2.09 bits per heavy atom. The van der Waals surface area contributed by atoms with Crippen LogP contribution in [-0.4, -0.2) is 45.4 Å². The number of rotatable bonds is 3. The number of amides is 2. The molecule has 6 nitrogen and oxygen atoms in total. The first-order valence-electron chi connectivity index (χ1n) is 7.49. The van der Waals surface area contributed by atoms with Gasteiger partial charge in [-0.2, -0.15) is 5.26 Å². The lowest BCUT2D eigenvalue weighted by Crippen LogP contribution is -2.76. The van der Waals surface area contributed by atoms with Gasteiger partial charge in [-0.05, 0) is 41.5 Å². The van der Waals surface area contributed by atoms with Gasteiger partial charge in [-0.1, -0.05) is 13.2 Å². The van der Waals surface area contributed by atoms with Gasteiger partial charge < -0.3 is 10.2 Å². The first-order valence-corrected chi connectivity index (χ1v) is 7.49. The number of carbonyl (C=O) groups excluding carboxylic acids is 2. The molecule has 6 heteroatoms. The normalized spacial score (nSPS) is 22.0. The third kappa shape index (κ3) is 3.39. The van der Waals surface area contributed by atoms with E-state index in [2.05, 4.69) is 24.7 Å². The Labute approximate surface area is 138 Å². The van der Waals surface area contributed by atoms with Crippen molar-refractivity contribution in [3.05, 3.63) is 24.3 Å². The predicted molar refractivity (Wildman–Crippen MR) is 88.9 cm³/mol. The van der Waals surface area contributed by atoms with Crippen LogP contribution in [0.2, 0.25) is 0 Å². The topological polar surface area (TPSA) is 76.4 Å². The molecule has 1 N–H and O–H groups in total. The lowest BCUT2D eigenvalue weighted by Gasteiger charge is -2.58. The Balaban J connectivity index is 3.37. The second-order valence-electron chi connectivity index (χ2n) is 7.27. The summed E-state index contributed by atoms with van der Waals surface area (Å²) in [5, 5.41) is 12.3. The van der Waals surface area contributed by atoms with Crippen LogP contribution in [0.3, 0.4) is 0 Å². The molecule has 0 aromatic heterocycles. The number of hydrogen-bond donors (Lipinski definition) is 1. The molecule has 1 aliphatic rings. The molecule has 0 spiro atoms. The highest BCUT2D eigenvalue weighted by Crippen LogP contribution is 2.36. The lowest BCUT2D eigenvalue weighted by atomic mass is 9.84. The molecule has 2 amide bonds. The summed E-state index contributed by atoms with van der Waals surface area (Å²) in [6.45, 7) is 18.4. The highest BCUT2D eigenvalue weighted by Gasteiger charge is 2.53. The summed E-state index contributed by atoms with van der Waals surface area (Å²) in [6, 6.07) is 0. The summed E-state index contributed by atoms with van der Waals surface area (Å²) in [4.78, 5) is 28.0. The van der Waals surface area contributed by atoms with E-state index in [1.54, 1.807) is 18.7 Å². The van der Waals surface area contributed by atoms with Gasteiger partial charge in [-0.25, -0.2) is 0 Å². The van der Waals surface area contributed by atoms with Crippen molar-refractivity contribution in [1.82, 2.24) is 15.1 Å². The second kappa shape index (κ2) is 6.07. The standard InChI is InChI=1S/C17H26N4O2/c1-11(2)13(22)19-15-17(7,8)21(14(23)12(3)4)16(5,6)9-20(15)10-18/h15H,1,3,9H2,2,4-8H3,(H,19,22). The van der Waals surface area contributed by atoms with Gasteiger partial charge in [0.1, 0.15) is 6.17 Å². The van der Waals surface area contributed by atoms with E-state index in [0.717, 1.165) is 0 Å². The molecule has 1 heterocycles. The zero-order valence-electron chi connectivity index (χ0n) is 14.9. The van der Waals surface area contributed by atoms with Gasteiger partial charge >= 0.3 is 0 Å². The number of hydrogen-bond acceptors (Lipinski definition) is 4. The summed E-state index contributed by atoms with van der Waals surface area (Å²) in [5.41, 5.74) is -0.624. The minimum atomic E-state index is -0.807. The number of nitrogens with one attached hydrogen (secondary N) is 1. The van der Waals surface area contributed by atoms with Gasteiger partial charge in [0.25, 0.3) is 0 Å². The van der Waals surface area contributed by atoms with E-state index in [1.807, 2.05) is 27.7 Å². The summed E-state index contributed by atoms with van der Waals surface area (Å²) in [7, 11) is 0. The van der Waals surface area contributed by atoms with Gasteiger partial charge in [0, 0.05) is 11.1 Å². The summed E-state index contributed by atoms with van der Waals surface area (Å²) in [5.74, 6) is -0.530. The molecule has 1 atom stereocenters. The molecule has 1 saturated heterocycles. The van der Waals surface area contributed by atoms with Gasteiger partial charge in [0.15, 0.2) is 6.19 Å². The molecule has 126 valence electrons. The fraction of sp³-hybridized carbons (Fsp3) is 0.588. The van der Waals surface area contributed by atoms with E-state index in [0.29, 0.717) is 17.7 Å². The molecule has 0 aliphatic carbocycles. The van der Waals surface area contributed by atoms with Gasteiger partial charge in [-0.3, -0.25) is 14.5 Å². The zero-order valence-corrected chi connectivity index (χ0v) is 14.9. The van der Waals surface area contributed by atoms with Gasteiger partial charge in [0.2, 0.25) is 11.8 Å². The quantitative estimate of drug-likeness (QED) is 0.635. The average molecular weight is 318 g/mol. The molecule has 1 rings (SSSR count). The predicted octanol–water partition coefficient (Wildman–Crippen LogP) is 1.76. The first kappa shape index (κ1) is 18.8. The summed E-state index contributed by atoms with van der Waals surface area (Å²) < 4.78 is 0. The molecular weight excluding hydrogens is 292 g/mol. The lowest BCUT2D eigenvalue weighted by molar-refractivity contribution is -0.157. The Bertz CT molecular complexity index is 598. The van der Waals surface area contributed by atoms with Crippen LogP contribution in [0.1, 0.15) is 41.5 Å². The zero-order chi connectivity index (χ0) is 18.2. The number of nitrogens with zero attached hydrogens (tertiary/aromatic N) is 3. The van der Waals surface area contributed by atoms with Crippen molar-refractivity contribution in [3.63, 3.8) is 0 Å². The molecule has 0 bridgehead atoms. The average Bonchev–Trinajstić information content (AvgIpc) is 2.39. The minimum absolute atomic E-state index is 0.188. The fourth-order valence-corrected chi connectivity index (χ4v) is 3.19. The maximum atomic E-state index is 12.7. The van der Waals surface area contributed by atoms with Crippen LogP contribution in [0.15, 0.2) is 24.3 Å². The summed E-state index contributed by atoms with van der Waals surface area (Å²) in [6.07, 6.45) is 1.48. The van der Waals surface area contributed by atoms with Crippen molar-refractivity contribution in [1.29, 1.82) is 5.26 Å². The highest BCUT2D eigenvalue weighted by molar-refractivity contribution is 5.94. The number of nitriles is 1. The van der Waals surface area contributed by atoms with Crippen LogP contribution in [0.5, 0.6) is 0 Å². The van der Waals surface area contributed by atoms with Crippen molar-refractivity contribution < 1.29 is 9.59 Å². The molecule has 1 aliphatic heterocycles. The van der Waals surface area contributed by atoms with Crippen LogP contribution >= 0.6 is 0 Å².